The van der Waals surface area contributed by atoms with Crippen molar-refractivity contribution in [1.29, 1.82) is 0 Å². The van der Waals surface area contributed by atoms with Gasteiger partial charge in [-0.15, -0.1) is 0 Å². The fourth-order valence-corrected chi connectivity index (χ4v) is 3.33. The quantitative estimate of drug-likeness (QED) is 0.859. The molecule has 1 fully saturated rings. The van der Waals surface area contributed by atoms with E-state index in [9.17, 15) is 5.11 Å². The number of aliphatic hydroxyl groups is 1. The second-order valence-electron chi connectivity index (χ2n) is 4.33. The topological polar surface area (TPSA) is 29.5 Å². The number of benzene rings is 1. The van der Waals surface area contributed by atoms with Crippen LogP contribution in [0, 0.1) is 6.92 Å². The third-order valence-corrected chi connectivity index (χ3v) is 4.24. The highest BCUT2D eigenvalue weighted by molar-refractivity contribution is 7.99. The second kappa shape index (κ2) is 4.68. The summed E-state index contributed by atoms with van der Waals surface area (Å²) in [7, 11) is 1.67. The van der Waals surface area contributed by atoms with Crippen LogP contribution in [0.3, 0.4) is 0 Å². The van der Waals surface area contributed by atoms with Gasteiger partial charge in [0.05, 0.1) is 12.7 Å². The van der Waals surface area contributed by atoms with Crippen molar-refractivity contribution < 1.29 is 9.84 Å². The summed E-state index contributed by atoms with van der Waals surface area (Å²) in [6, 6.07) is 5.99. The summed E-state index contributed by atoms with van der Waals surface area (Å²) in [6.45, 7) is 2.02. The van der Waals surface area contributed by atoms with E-state index in [2.05, 4.69) is 6.07 Å². The highest BCUT2D eigenvalue weighted by atomic mass is 32.2. The zero-order chi connectivity index (χ0) is 11.6. The number of hydrogen-bond acceptors (Lipinski definition) is 3. The molecule has 0 saturated carbocycles. The molecule has 1 aliphatic rings. The Hall–Kier alpha value is -0.670. The fourth-order valence-electron chi connectivity index (χ4n) is 2.17. The Morgan fingerprint density at radius 3 is 2.56 bits per heavy atom. The van der Waals surface area contributed by atoms with Gasteiger partial charge >= 0.3 is 0 Å². The maximum Gasteiger partial charge on any atom is 0.121 e. The van der Waals surface area contributed by atoms with E-state index < -0.39 is 5.60 Å². The number of rotatable bonds is 2. The van der Waals surface area contributed by atoms with E-state index in [-0.39, 0.29) is 0 Å². The number of hydrogen-bond donors (Lipinski definition) is 1. The molecule has 2 nitrogen and oxygen atoms in total. The predicted octanol–water partition coefficient (Wildman–Crippen LogP) is 2.72. The molecule has 16 heavy (non-hydrogen) atoms. The van der Waals surface area contributed by atoms with Crippen molar-refractivity contribution in [3.8, 4) is 5.75 Å². The Bertz CT molecular complexity index is 370. The first-order valence-corrected chi connectivity index (χ1v) is 6.76. The van der Waals surface area contributed by atoms with Crippen LogP contribution < -0.4 is 4.74 Å². The second-order valence-corrected chi connectivity index (χ2v) is 5.55. The van der Waals surface area contributed by atoms with Gasteiger partial charge in [-0.2, -0.15) is 11.8 Å². The van der Waals surface area contributed by atoms with E-state index in [4.69, 9.17) is 4.74 Å². The predicted molar refractivity (Wildman–Crippen MR) is 68.2 cm³/mol. The molecule has 0 amide bonds. The SMILES string of the molecule is COc1ccc(C2(O)CCSCC2)cc1C. The van der Waals surface area contributed by atoms with Gasteiger partial charge in [0, 0.05) is 0 Å². The minimum Gasteiger partial charge on any atom is -0.496 e. The first-order valence-electron chi connectivity index (χ1n) is 5.61. The number of methoxy groups -OCH3 is 1. The van der Waals surface area contributed by atoms with E-state index in [1.807, 2.05) is 30.8 Å². The van der Waals surface area contributed by atoms with Crippen LogP contribution in [0.15, 0.2) is 18.2 Å². The molecular weight excluding hydrogens is 220 g/mol. The number of aryl methyl sites for hydroxylation is 1. The normalized spacial score (nSPS) is 19.4. The van der Waals surface area contributed by atoms with Crippen LogP contribution in [-0.2, 0) is 5.60 Å². The molecule has 2 rings (SSSR count). The van der Waals surface area contributed by atoms with Gasteiger partial charge in [-0.1, -0.05) is 6.07 Å². The number of thioether (sulfide) groups is 1. The van der Waals surface area contributed by atoms with Crippen LogP contribution in [-0.4, -0.2) is 23.7 Å². The van der Waals surface area contributed by atoms with E-state index in [1.165, 1.54) is 0 Å². The molecule has 0 atom stereocenters. The molecule has 88 valence electrons. The van der Waals surface area contributed by atoms with Gasteiger partial charge in [0.15, 0.2) is 0 Å². The minimum absolute atomic E-state index is 0.623. The molecule has 1 N–H and O–H groups in total. The first kappa shape index (κ1) is 11.8. The van der Waals surface area contributed by atoms with Gasteiger partial charge in [0.1, 0.15) is 5.75 Å². The smallest absolute Gasteiger partial charge is 0.121 e. The lowest BCUT2D eigenvalue weighted by atomic mass is 9.87. The zero-order valence-electron chi connectivity index (χ0n) is 9.82. The van der Waals surface area contributed by atoms with Crippen molar-refractivity contribution in [1.82, 2.24) is 0 Å². The molecule has 1 aromatic carbocycles. The molecule has 1 saturated heterocycles. The largest absolute Gasteiger partial charge is 0.496 e. The lowest BCUT2D eigenvalue weighted by Crippen LogP contribution is -2.30. The maximum absolute atomic E-state index is 10.6. The van der Waals surface area contributed by atoms with Gasteiger partial charge in [-0.3, -0.25) is 0 Å². The van der Waals surface area contributed by atoms with Crippen molar-refractivity contribution >= 4 is 11.8 Å². The van der Waals surface area contributed by atoms with E-state index in [0.29, 0.717) is 0 Å². The van der Waals surface area contributed by atoms with Gasteiger partial charge in [-0.25, -0.2) is 0 Å². The molecular formula is C13H18O2S. The van der Waals surface area contributed by atoms with Crippen LogP contribution in [0.5, 0.6) is 5.75 Å². The van der Waals surface area contributed by atoms with Crippen LogP contribution in [0.1, 0.15) is 24.0 Å². The Kier molecular flexibility index (Phi) is 3.45. The van der Waals surface area contributed by atoms with Crippen molar-refractivity contribution in [3.63, 3.8) is 0 Å². The minimum atomic E-state index is -0.623. The molecule has 1 heterocycles. The Morgan fingerprint density at radius 1 is 1.31 bits per heavy atom. The fraction of sp³-hybridized carbons (Fsp3) is 0.538. The van der Waals surface area contributed by atoms with E-state index in [0.717, 1.165) is 41.2 Å². The first-order chi connectivity index (χ1) is 7.65. The maximum atomic E-state index is 10.6. The summed E-state index contributed by atoms with van der Waals surface area (Å²) in [5.74, 6) is 2.97. The summed E-state index contributed by atoms with van der Waals surface area (Å²) < 4.78 is 5.23. The monoisotopic (exact) mass is 238 g/mol. The van der Waals surface area contributed by atoms with Crippen LogP contribution in [0.4, 0.5) is 0 Å². The van der Waals surface area contributed by atoms with E-state index in [1.54, 1.807) is 7.11 Å². The van der Waals surface area contributed by atoms with Gasteiger partial charge < -0.3 is 9.84 Å². The Balaban J connectivity index is 2.29. The third kappa shape index (κ3) is 2.20. The summed E-state index contributed by atoms with van der Waals surface area (Å²) in [5, 5.41) is 10.6. The van der Waals surface area contributed by atoms with Crippen molar-refractivity contribution in [3.05, 3.63) is 29.3 Å². The van der Waals surface area contributed by atoms with Crippen molar-refractivity contribution in [2.75, 3.05) is 18.6 Å². The van der Waals surface area contributed by atoms with Crippen LogP contribution in [0.2, 0.25) is 0 Å². The third-order valence-electron chi connectivity index (χ3n) is 3.25. The Morgan fingerprint density at radius 2 is 2.00 bits per heavy atom. The Labute approximate surface area is 101 Å². The molecule has 0 aliphatic carbocycles. The zero-order valence-corrected chi connectivity index (χ0v) is 10.6. The highest BCUT2D eigenvalue weighted by Gasteiger charge is 2.31. The standard InChI is InChI=1S/C13H18O2S/c1-10-9-11(3-4-12(10)15-2)13(14)5-7-16-8-6-13/h3-4,9,14H,5-8H2,1-2H3. The lowest BCUT2D eigenvalue weighted by Gasteiger charge is -2.32. The average molecular weight is 238 g/mol. The summed E-state index contributed by atoms with van der Waals surface area (Å²) in [4.78, 5) is 0. The lowest BCUT2D eigenvalue weighted by molar-refractivity contribution is 0.0280. The summed E-state index contributed by atoms with van der Waals surface area (Å²) >= 11 is 1.92. The summed E-state index contributed by atoms with van der Waals surface area (Å²) in [6.07, 6.45) is 1.70. The van der Waals surface area contributed by atoms with Gasteiger partial charge in [-0.05, 0) is 54.5 Å². The molecule has 0 bridgehead atoms. The highest BCUT2D eigenvalue weighted by Crippen LogP contribution is 2.37. The number of ether oxygens (including phenoxy) is 1. The molecule has 0 aromatic heterocycles. The average Bonchev–Trinajstić information content (AvgIpc) is 2.30. The van der Waals surface area contributed by atoms with E-state index >= 15 is 0 Å². The molecule has 0 unspecified atom stereocenters. The molecule has 1 aliphatic heterocycles. The molecule has 3 heteroatoms. The van der Waals surface area contributed by atoms with Crippen LogP contribution in [0.25, 0.3) is 0 Å². The summed E-state index contributed by atoms with van der Waals surface area (Å²) in [5.41, 5.74) is 1.50. The van der Waals surface area contributed by atoms with Crippen molar-refractivity contribution in [2.24, 2.45) is 0 Å². The van der Waals surface area contributed by atoms with Crippen LogP contribution >= 0.6 is 11.8 Å². The molecule has 0 radical (unpaired) electrons. The molecule has 0 spiro atoms. The molecule has 1 aromatic rings. The van der Waals surface area contributed by atoms with Crippen molar-refractivity contribution in [2.45, 2.75) is 25.4 Å². The van der Waals surface area contributed by atoms with Gasteiger partial charge in [0.2, 0.25) is 0 Å². The van der Waals surface area contributed by atoms with Gasteiger partial charge in [0.25, 0.3) is 0 Å².